The van der Waals surface area contributed by atoms with Crippen LogP contribution in [0, 0.1) is 6.92 Å². The van der Waals surface area contributed by atoms with Crippen molar-refractivity contribution < 1.29 is 29.0 Å². The van der Waals surface area contributed by atoms with Crippen molar-refractivity contribution in [2.45, 2.75) is 32.8 Å². The molecule has 5 rings (SSSR count). The van der Waals surface area contributed by atoms with E-state index in [1.165, 1.54) is 0 Å². The highest BCUT2D eigenvalue weighted by molar-refractivity contribution is 6.49. The summed E-state index contributed by atoms with van der Waals surface area (Å²) in [5, 5.41) is 14.0. The van der Waals surface area contributed by atoms with Crippen LogP contribution in [-0.2, 0) is 22.4 Å². The average molecular weight is 485 g/mol. The zero-order chi connectivity index (χ0) is 25.6. The Morgan fingerprint density at radius 3 is 2.56 bits per heavy atom. The number of hydrogen-bond donors (Lipinski definition) is 2. The second kappa shape index (κ2) is 8.84. The molecule has 4 aromatic rings. The highest BCUT2D eigenvalue weighted by Crippen LogP contribution is 2.40. The number of nitrogens with two attached hydrogens (primary N) is 1. The van der Waals surface area contributed by atoms with Crippen LogP contribution in [0.5, 0.6) is 17.2 Å². The third-order valence-electron chi connectivity index (χ3n) is 6.20. The predicted molar refractivity (Wildman–Crippen MR) is 131 cm³/mol. The van der Waals surface area contributed by atoms with Gasteiger partial charge in [0.15, 0.2) is 5.75 Å². The van der Waals surface area contributed by atoms with Crippen molar-refractivity contribution in [1.29, 1.82) is 0 Å². The Morgan fingerprint density at radius 1 is 1.14 bits per heavy atom. The van der Waals surface area contributed by atoms with Crippen LogP contribution < -0.4 is 15.2 Å². The maximum atomic E-state index is 12.8. The molecule has 0 aliphatic carbocycles. The van der Waals surface area contributed by atoms with Crippen molar-refractivity contribution in [3.63, 3.8) is 0 Å². The number of benzene rings is 2. The molecular formula is C27H23N3O6. The van der Waals surface area contributed by atoms with Gasteiger partial charge in [0.05, 0.1) is 22.6 Å². The minimum absolute atomic E-state index is 0.0286. The van der Waals surface area contributed by atoms with Crippen molar-refractivity contribution >= 4 is 28.7 Å². The molecule has 0 radical (unpaired) electrons. The van der Waals surface area contributed by atoms with Crippen LogP contribution >= 0.6 is 0 Å². The van der Waals surface area contributed by atoms with Crippen molar-refractivity contribution in [3.8, 4) is 17.2 Å². The first kappa shape index (κ1) is 23.1. The first-order valence-corrected chi connectivity index (χ1v) is 11.4. The van der Waals surface area contributed by atoms with E-state index in [4.69, 9.17) is 15.2 Å². The lowest BCUT2D eigenvalue weighted by atomic mass is 9.98. The van der Waals surface area contributed by atoms with Gasteiger partial charge in [-0.1, -0.05) is 37.3 Å². The number of para-hydroxylation sites is 1. The molecule has 9 heteroatoms. The van der Waals surface area contributed by atoms with Gasteiger partial charge in [-0.05, 0) is 48.7 Å². The first-order valence-electron chi connectivity index (χ1n) is 11.4. The number of carbonyl (C=O) groups excluding carboxylic acids is 2. The molecule has 9 nitrogen and oxygen atoms in total. The van der Waals surface area contributed by atoms with E-state index in [9.17, 15) is 19.5 Å². The number of rotatable bonds is 6. The van der Waals surface area contributed by atoms with Gasteiger partial charge in [-0.2, -0.15) is 5.10 Å². The van der Waals surface area contributed by atoms with E-state index in [1.54, 1.807) is 11.4 Å². The van der Waals surface area contributed by atoms with E-state index in [0.29, 0.717) is 24.3 Å². The van der Waals surface area contributed by atoms with E-state index in [0.717, 1.165) is 22.6 Å². The molecule has 0 amide bonds. The Hall–Kier alpha value is -4.66. The molecule has 1 unspecified atom stereocenters. The molecule has 1 aliphatic rings. The molecule has 0 saturated carbocycles. The third-order valence-corrected chi connectivity index (χ3v) is 6.20. The van der Waals surface area contributed by atoms with Crippen LogP contribution in [-0.4, -0.2) is 38.4 Å². The number of ether oxygens (including phenoxy) is 2. The van der Waals surface area contributed by atoms with Crippen molar-refractivity contribution in [1.82, 2.24) is 9.61 Å². The number of Topliss-reactive ketones (excluding diaryl/α,β-unsaturated/α-hetero) is 2. The van der Waals surface area contributed by atoms with Crippen LogP contribution in [0.25, 0.3) is 5.52 Å². The fourth-order valence-corrected chi connectivity index (χ4v) is 4.56. The van der Waals surface area contributed by atoms with Gasteiger partial charge in [-0.25, -0.2) is 9.31 Å². The lowest BCUT2D eigenvalue weighted by molar-refractivity contribution is -0.149. The first-order chi connectivity index (χ1) is 17.3. The predicted octanol–water partition coefficient (Wildman–Crippen LogP) is 3.77. The molecule has 0 saturated heterocycles. The van der Waals surface area contributed by atoms with Crippen LogP contribution in [0.1, 0.15) is 39.8 Å². The maximum Gasteiger partial charge on any atom is 0.353 e. The lowest BCUT2D eigenvalue weighted by Crippen LogP contribution is -2.44. The molecule has 36 heavy (non-hydrogen) atoms. The topological polar surface area (TPSA) is 133 Å². The van der Waals surface area contributed by atoms with Gasteiger partial charge >= 0.3 is 5.97 Å². The van der Waals surface area contributed by atoms with E-state index in [2.05, 4.69) is 5.10 Å². The number of hydrogen-bond acceptors (Lipinski definition) is 7. The summed E-state index contributed by atoms with van der Waals surface area (Å²) >= 11 is 0. The molecule has 2 aromatic carbocycles. The quantitative estimate of drug-likeness (QED) is 0.311. The Morgan fingerprint density at radius 2 is 1.86 bits per heavy atom. The number of anilines is 1. The Bertz CT molecular complexity index is 1540. The summed E-state index contributed by atoms with van der Waals surface area (Å²) in [6, 6.07) is 17.1. The molecule has 0 bridgehead atoms. The fraction of sp³-hybridized carbons (Fsp3) is 0.185. The van der Waals surface area contributed by atoms with Gasteiger partial charge in [0.1, 0.15) is 17.0 Å². The zero-order valence-corrected chi connectivity index (χ0v) is 19.6. The van der Waals surface area contributed by atoms with Gasteiger partial charge in [0.2, 0.25) is 5.78 Å². The van der Waals surface area contributed by atoms with Gasteiger partial charge in [0, 0.05) is 6.42 Å². The fourth-order valence-electron chi connectivity index (χ4n) is 4.56. The second-order valence-electron chi connectivity index (χ2n) is 8.51. The van der Waals surface area contributed by atoms with Gasteiger partial charge in [0.25, 0.3) is 11.9 Å². The van der Waals surface area contributed by atoms with E-state index in [1.807, 2.05) is 61.5 Å². The smallest absolute Gasteiger partial charge is 0.353 e. The standard InChI is InChI=1S/C27H23N3O6/c1-3-18-19(13-15-8-7-11-17(12-15)35-16-9-5-4-6-10-16)30-22(21(18)28)25-20(14(2)29-30)23(31)24(32)26(36-25)27(33)34/h4-12,26H,3,13,28H2,1-2H3,(H,33,34). The van der Waals surface area contributed by atoms with E-state index < -0.39 is 23.6 Å². The molecule has 1 aliphatic heterocycles. The SMILES string of the molecule is CCc1c(N)c2c3c(c(C)nn2c1Cc1cccc(Oc2ccccc2)c1)C(=O)C(=O)C(C(=O)O)O3. The normalized spacial score (nSPS) is 15.0. The number of carbonyl (C=O) groups is 3. The summed E-state index contributed by atoms with van der Waals surface area (Å²) < 4.78 is 13.1. The number of aliphatic carboxylic acids is 1. The van der Waals surface area contributed by atoms with Crippen molar-refractivity contribution in [3.05, 3.63) is 82.7 Å². The number of carboxylic acid groups (broad SMARTS) is 1. The van der Waals surface area contributed by atoms with Crippen LogP contribution in [0.2, 0.25) is 0 Å². The molecule has 182 valence electrons. The Labute approximate surface area is 206 Å². The monoisotopic (exact) mass is 485 g/mol. The maximum absolute atomic E-state index is 12.8. The molecular weight excluding hydrogens is 462 g/mol. The highest BCUT2D eigenvalue weighted by Gasteiger charge is 2.43. The number of nitrogens with zero attached hydrogens (tertiary/aromatic N) is 2. The number of carboxylic acids is 1. The number of aromatic nitrogens is 2. The molecule has 0 fully saturated rings. The summed E-state index contributed by atoms with van der Waals surface area (Å²) in [6.07, 6.45) is -0.924. The van der Waals surface area contributed by atoms with Crippen LogP contribution in [0.3, 0.4) is 0 Å². The second-order valence-corrected chi connectivity index (χ2v) is 8.51. The van der Waals surface area contributed by atoms with Crippen LogP contribution in [0.15, 0.2) is 54.6 Å². The molecule has 0 spiro atoms. The van der Waals surface area contributed by atoms with Gasteiger partial charge < -0.3 is 20.3 Å². The third kappa shape index (κ3) is 3.74. The van der Waals surface area contributed by atoms with Gasteiger partial charge in [-0.3, -0.25) is 9.59 Å². The summed E-state index contributed by atoms with van der Waals surface area (Å²) in [7, 11) is 0. The summed E-state index contributed by atoms with van der Waals surface area (Å²) in [4.78, 5) is 36.6. The Kier molecular flexibility index (Phi) is 5.68. The number of fused-ring (bicyclic) bond motifs is 3. The average Bonchev–Trinajstić information content (AvgIpc) is 3.11. The number of aryl methyl sites for hydroxylation is 1. The van der Waals surface area contributed by atoms with E-state index >= 15 is 0 Å². The summed E-state index contributed by atoms with van der Waals surface area (Å²) in [5.74, 6) is -2.26. The highest BCUT2D eigenvalue weighted by atomic mass is 16.5. The minimum Gasteiger partial charge on any atom is -0.478 e. The lowest BCUT2D eigenvalue weighted by Gasteiger charge is -2.23. The summed E-state index contributed by atoms with van der Waals surface area (Å²) in [6.45, 7) is 3.52. The number of nitrogen functional groups attached to an aromatic ring is 1. The molecule has 3 heterocycles. The molecule has 3 N–H and O–H groups in total. The zero-order valence-electron chi connectivity index (χ0n) is 19.6. The van der Waals surface area contributed by atoms with Gasteiger partial charge in [-0.15, -0.1) is 0 Å². The number of ketones is 2. The van der Waals surface area contributed by atoms with Crippen molar-refractivity contribution in [2.75, 3.05) is 5.73 Å². The Balaban J connectivity index is 1.62. The largest absolute Gasteiger partial charge is 0.478 e. The van der Waals surface area contributed by atoms with Crippen LogP contribution in [0.4, 0.5) is 5.69 Å². The van der Waals surface area contributed by atoms with E-state index in [-0.39, 0.29) is 22.5 Å². The summed E-state index contributed by atoms with van der Waals surface area (Å²) in [5.41, 5.74) is 9.82. The minimum atomic E-state index is -1.93. The molecule has 2 aromatic heterocycles. The van der Waals surface area contributed by atoms with Crippen molar-refractivity contribution in [2.24, 2.45) is 0 Å². The molecule has 1 atom stereocenters.